The van der Waals surface area contributed by atoms with Gasteiger partial charge in [0.25, 0.3) is 0 Å². The summed E-state index contributed by atoms with van der Waals surface area (Å²) in [4.78, 5) is 15.4. The zero-order valence-corrected chi connectivity index (χ0v) is 15.4. The van der Waals surface area contributed by atoms with E-state index >= 15 is 0 Å². The third kappa shape index (κ3) is 4.01. The van der Waals surface area contributed by atoms with Crippen molar-refractivity contribution in [2.75, 3.05) is 13.1 Å². The van der Waals surface area contributed by atoms with Crippen LogP contribution in [0.1, 0.15) is 38.7 Å². The summed E-state index contributed by atoms with van der Waals surface area (Å²) < 4.78 is 0. The average Bonchev–Trinajstić information content (AvgIpc) is 2.70. The smallest absolute Gasteiger partial charge is 0.229 e. The monoisotopic (exact) mass is 356 g/mol. The molecule has 0 spiro atoms. The Morgan fingerprint density at radius 3 is 2.78 bits per heavy atom. The molecule has 2 aliphatic rings. The van der Waals surface area contributed by atoms with Crippen LogP contribution in [0.5, 0.6) is 0 Å². The normalized spacial score (nSPS) is 24.0. The van der Waals surface area contributed by atoms with Crippen LogP contribution in [0, 0.1) is 5.41 Å². The first-order chi connectivity index (χ1) is 10.5. The molecule has 1 amide bonds. The third-order valence-electron chi connectivity index (χ3n) is 5.00. The van der Waals surface area contributed by atoms with Crippen molar-refractivity contribution in [1.82, 2.24) is 10.2 Å². The first kappa shape index (κ1) is 18.6. The lowest BCUT2D eigenvalue weighted by molar-refractivity contribution is -0.143. The first-order valence-electron chi connectivity index (χ1n) is 8.25. The molecule has 0 radical (unpaired) electrons. The Labute approximate surface area is 150 Å². The zero-order chi connectivity index (χ0) is 15.7. The maximum absolute atomic E-state index is 13.2. The molecular formula is C18H26Cl2N2O. The molecule has 128 valence electrons. The van der Waals surface area contributed by atoms with Crippen molar-refractivity contribution in [2.45, 2.75) is 51.6 Å². The highest BCUT2D eigenvalue weighted by Crippen LogP contribution is 2.34. The molecule has 1 aromatic rings. The Morgan fingerprint density at radius 1 is 1.30 bits per heavy atom. The number of nitrogens with zero attached hydrogens (tertiary/aromatic N) is 1. The molecule has 3 nitrogen and oxygen atoms in total. The molecule has 2 saturated heterocycles. The van der Waals surface area contributed by atoms with E-state index in [1.807, 2.05) is 18.2 Å². The van der Waals surface area contributed by atoms with Gasteiger partial charge in [0.05, 0.1) is 0 Å². The molecule has 1 aromatic carbocycles. The van der Waals surface area contributed by atoms with Crippen LogP contribution in [0.4, 0.5) is 0 Å². The first-order valence-corrected chi connectivity index (χ1v) is 8.63. The van der Waals surface area contributed by atoms with Crippen LogP contribution in [0.15, 0.2) is 24.3 Å². The van der Waals surface area contributed by atoms with Gasteiger partial charge in [0.2, 0.25) is 5.91 Å². The fraction of sp³-hybridized carbons (Fsp3) is 0.611. The molecule has 2 heterocycles. The molecule has 2 bridgehead atoms. The van der Waals surface area contributed by atoms with E-state index in [4.69, 9.17) is 11.6 Å². The van der Waals surface area contributed by atoms with Gasteiger partial charge >= 0.3 is 0 Å². The summed E-state index contributed by atoms with van der Waals surface area (Å²) in [5.41, 5.74) is 0.738. The lowest BCUT2D eigenvalue weighted by atomic mass is 9.83. The van der Waals surface area contributed by atoms with E-state index in [9.17, 15) is 4.79 Å². The summed E-state index contributed by atoms with van der Waals surface area (Å²) in [6, 6.07) is 8.65. The van der Waals surface area contributed by atoms with Gasteiger partial charge in [0.15, 0.2) is 0 Å². The number of hydrogen-bond donors (Lipinski definition) is 1. The number of carbonyl (C=O) groups is 1. The fourth-order valence-electron chi connectivity index (χ4n) is 3.90. The van der Waals surface area contributed by atoms with Crippen molar-refractivity contribution in [3.8, 4) is 0 Å². The van der Waals surface area contributed by atoms with Crippen LogP contribution in [-0.4, -0.2) is 36.0 Å². The van der Waals surface area contributed by atoms with Gasteiger partial charge in [-0.3, -0.25) is 4.79 Å². The van der Waals surface area contributed by atoms with Crippen molar-refractivity contribution in [1.29, 1.82) is 0 Å². The Hall–Kier alpha value is -0.770. The van der Waals surface area contributed by atoms with Crippen LogP contribution in [0.2, 0.25) is 5.02 Å². The minimum Gasteiger partial charge on any atom is -0.335 e. The van der Waals surface area contributed by atoms with Gasteiger partial charge < -0.3 is 10.2 Å². The van der Waals surface area contributed by atoms with E-state index in [0.29, 0.717) is 18.0 Å². The van der Waals surface area contributed by atoms with Crippen molar-refractivity contribution in [3.63, 3.8) is 0 Å². The van der Waals surface area contributed by atoms with E-state index in [1.54, 1.807) is 0 Å². The number of hydrogen-bond acceptors (Lipinski definition) is 2. The zero-order valence-electron chi connectivity index (χ0n) is 13.8. The lowest BCUT2D eigenvalue weighted by Crippen LogP contribution is -2.49. The van der Waals surface area contributed by atoms with E-state index in [1.165, 1.54) is 0 Å². The molecule has 2 atom stereocenters. The summed E-state index contributed by atoms with van der Waals surface area (Å²) in [7, 11) is 0. The Kier molecular flexibility index (Phi) is 5.99. The second kappa shape index (κ2) is 7.42. The number of benzene rings is 1. The Morgan fingerprint density at radius 2 is 2.04 bits per heavy atom. The Bertz CT molecular complexity index is 548. The van der Waals surface area contributed by atoms with Gasteiger partial charge in [-0.15, -0.1) is 12.4 Å². The minimum atomic E-state index is -0.393. The van der Waals surface area contributed by atoms with Crippen LogP contribution in [0.25, 0.3) is 0 Å². The van der Waals surface area contributed by atoms with Gasteiger partial charge in [0, 0.05) is 29.1 Å². The molecule has 23 heavy (non-hydrogen) atoms. The molecule has 3 rings (SSSR count). The summed E-state index contributed by atoms with van der Waals surface area (Å²) >= 11 is 6.08. The summed E-state index contributed by atoms with van der Waals surface area (Å²) in [5.74, 6) is 0.295. The van der Waals surface area contributed by atoms with Gasteiger partial charge in [-0.2, -0.15) is 0 Å². The molecule has 0 aliphatic carbocycles. The number of rotatable bonds is 3. The lowest BCUT2D eigenvalue weighted by Gasteiger charge is -2.35. The Balaban J connectivity index is 0.00000192. The molecule has 2 aliphatic heterocycles. The maximum Gasteiger partial charge on any atom is 0.229 e. The van der Waals surface area contributed by atoms with Gasteiger partial charge in [-0.25, -0.2) is 0 Å². The van der Waals surface area contributed by atoms with Crippen LogP contribution in [0.3, 0.4) is 0 Å². The standard InChI is InChI=1S/C18H25ClN2O.ClH/c1-18(2,11-13-4-3-5-14(19)10-13)17(22)21-15-6-7-16(21)12-20-9-8-15;/h3-5,10,15-16,20H,6-9,11-12H2,1-2H3;1H. The van der Waals surface area contributed by atoms with E-state index in [2.05, 4.69) is 30.1 Å². The molecule has 5 heteroatoms. The third-order valence-corrected chi connectivity index (χ3v) is 5.24. The van der Waals surface area contributed by atoms with Gasteiger partial charge in [-0.05, 0) is 49.9 Å². The molecule has 0 aromatic heterocycles. The summed E-state index contributed by atoms with van der Waals surface area (Å²) in [6.07, 6.45) is 4.10. The highest BCUT2D eigenvalue weighted by molar-refractivity contribution is 6.30. The highest BCUT2D eigenvalue weighted by atomic mass is 35.5. The molecule has 2 fully saturated rings. The molecular weight excluding hydrogens is 331 g/mol. The second-order valence-corrected chi connectivity index (χ2v) is 7.72. The highest BCUT2D eigenvalue weighted by Gasteiger charge is 2.43. The minimum absolute atomic E-state index is 0. The predicted molar refractivity (Wildman–Crippen MR) is 97.3 cm³/mol. The summed E-state index contributed by atoms with van der Waals surface area (Å²) in [5, 5.41) is 4.20. The van der Waals surface area contributed by atoms with Crippen molar-refractivity contribution in [3.05, 3.63) is 34.9 Å². The van der Waals surface area contributed by atoms with Gasteiger partial charge in [-0.1, -0.05) is 37.6 Å². The predicted octanol–water partition coefficient (Wildman–Crippen LogP) is 3.68. The molecule has 0 saturated carbocycles. The topological polar surface area (TPSA) is 32.3 Å². The van der Waals surface area contributed by atoms with Crippen LogP contribution in [-0.2, 0) is 11.2 Å². The number of fused-ring (bicyclic) bond motifs is 2. The maximum atomic E-state index is 13.2. The quantitative estimate of drug-likeness (QED) is 0.895. The largest absolute Gasteiger partial charge is 0.335 e. The van der Waals surface area contributed by atoms with Crippen molar-refractivity contribution < 1.29 is 4.79 Å². The molecule has 2 unspecified atom stereocenters. The van der Waals surface area contributed by atoms with E-state index in [0.717, 1.165) is 49.4 Å². The second-order valence-electron chi connectivity index (χ2n) is 7.28. The number of amides is 1. The summed E-state index contributed by atoms with van der Waals surface area (Å²) in [6.45, 7) is 6.09. The SMILES string of the molecule is CC(C)(Cc1cccc(Cl)c1)C(=O)N1C2CCNCC1CC2.Cl. The van der Waals surface area contributed by atoms with Crippen LogP contribution >= 0.6 is 24.0 Å². The van der Waals surface area contributed by atoms with E-state index < -0.39 is 5.41 Å². The van der Waals surface area contributed by atoms with Crippen molar-refractivity contribution in [2.24, 2.45) is 5.41 Å². The van der Waals surface area contributed by atoms with E-state index in [-0.39, 0.29) is 12.4 Å². The fourth-order valence-corrected chi connectivity index (χ4v) is 4.11. The van der Waals surface area contributed by atoms with Gasteiger partial charge in [0.1, 0.15) is 0 Å². The number of halogens is 2. The average molecular weight is 357 g/mol. The number of nitrogens with one attached hydrogen (secondary N) is 1. The van der Waals surface area contributed by atoms with Crippen molar-refractivity contribution >= 4 is 29.9 Å². The van der Waals surface area contributed by atoms with Crippen LogP contribution < -0.4 is 5.32 Å². The molecule has 1 N–H and O–H groups in total. The number of carbonyl (C=O) groups excluding carboxylic acids is 1.